The third-order valence-electron chi connectivity index (χ3n) is 4.13. The number of ether oxygens (including phenoxy) is 1. The van der Waals surface area contributed by atoms with E-state index in [9.17, 15) is 0 Å². The summed E-state index contributed by atoms with van der Waals surface area (Å²) in [6.07, 6.45) is 5.23. The maximum atomic E-state index is 5.15. The van der Waals surface area contributed by atoms with Crippen molar-refractivity contribution in [2.75, 3.05) is 20.8 Å². The molecule has 1 rings (SSSR count). The fourth-order valence-electron chi connectivity index (χ4n) is 2.61. The number of rotatable bonds is 5. The standard InChI is InChI=1S/C12H25NO/c1-10(6-8-14-4)12(2)7-5-11(9-12)13-3/h10-11,13H,5-9H2,1-4H3. The van der Waals surface area contributed by atoms with Crippen LogP contribution in [0.15, 0.2) is 0 Å². The topological polar surface area (TPSA) is 21.3 Å². The van der Waals surface area contributed by atoms with E-state index in [1.54, 1.807) is 7.11 Å². The predicted octanol–water partition coefficient (Wildman–Crippen LogP) is 2.44. The molecule has 1 N–H and O–H groups in total. The number of methoxy groups -OCH3 is 1. The lowest BCUT2D eigenvalue weighted by Gasteiger charge is -2.31. The van der Waals surface area contributed by atoms with E-state index in [1.807, 2.05) is 0 Å². The summed E-state index contributed by atoms with van der Waals surface area (Å²) in [7, 11) is 3.87. The van der Waals surface area contributed by atoms with E-state index in [0.29, 0.717) is 5.41 Å². The zero-order valence-electron chi connectivity index (χ0n) is 10.1. The molecule has 0 aromatic heterocycles. The van der Waals surface area contributed by atoms with Crippen molar-refractivity contribution in [1.82, 2.24) is 5.32 Å². The smallest absolute Gasteiger partial charge is 0.0465 e. The van der Waals surface area contributed by atoms with Gasteiger partial charge in [0.05, 0.1) is 0 Å². The summed E-state index contributed by atoms with van der Waals surface area (Å²) >= 11 is 0. The number of hydrogen-bond acceptors (Lipinski definition) is 2. The van der Waals surface area contributed by atoms with E-state index in [4.69, 9.17) is 4.74 Å². The van der Waals surface area contributed by atoms with Crippen LogP contribution in [-0.2, 0) is 4.74 Å². The first-order valence-electron chi connectivity index (χ1n) is 5.78. The highest BCUT2D eigenvalue weighted by molar-refractivity contribution is 4.91. The highest BCUT2D eigenvalue weighted by Crippen LogP contribution is 2.44. The Hall–Kier alpha value is -0.0800. The van der Waals surface area contributed by atoms with Gasteiger partial charge in [-0.1, -0.05) is 13.8 Å². The van der Waals surface area contributed by atoms with Crippen LogP contribution in [0.2, 0.25) is 0 Å². The fourth-order valence-corrected chi connectivity index (χ4v) is 2.61. The molecular weight excluding hydrogens is 174 g/mol. The van der Waals surface area contributed by atoms with Crippen LogP contribution in [0.1, 0.15) is 39.5 Å². The molecule has 2 nitrogen and oxygen atoms in total. The van der Waals surface area contributed by atoms with E-state index in [-0.39, 0.29) is 0 Å². The van der Waals surface area contributed by atoms with Crippen LogP contribution in [0, 0.1) is 11.3 Å². The lowest BCUT2D eigenvalue weighted by Crippen LogP contribution is -2.28. The third-order valence-corrected chi connectivity index (χ3v) is 4.13. The van der Waals surface area contributed by atoms with Gasteiger partial charge < -0.3 is 10.1 Å². The molecule has 0 aliphatic heterocycles. The molecular formula is C12H25NO. The van der Waals surface area contributed by atoms with Gasteiger partial charge in [-0.3, -0.25) is 0 Å². The SMILES string of the molecule is CNC1CCC(C)(C(C)CCOC)C1. The molecule has 0 heterocycles. The normalized spacial score (nSPS) is 34.7. The Labute approximate surface area is 88.4 Å². The van der Waals surface area contributed by atoms with Crippen molar-refractivity contribution in [3.8, 4) is 0 Å². The molecule has 0 aromatic carbocycles. The molecule has 0 bridgehead atoms. The van der Waals surface area contributed by atoms with Gasteiger partial charge in [0.25, 0.3) is 0 Å². The maximum absolute atomic E-state index is 5.15. The third kappa shape index (κ3) is 2.71. The Kier molecular flexibility index (Phi) is 4.39. The summed E-state index contributed by atoms with van der Waals surface area (Å²) in [5.74, 6) is 0.779. The number of nitrogens with one attached hydrogen (secondary N) is 1. The van der Waals surface area contributed by atoms with Crippen LogP contribution in [0.25, 0.3) is 0 Å². The highest BCUT2D eigenvalue weighted by Gasteiger charge is 2.38. The van der Waals surface area contributed by atoms with Crippen LogP contribution >= 0.6 is 0 Å². The summed E-state index contributed by atoms with van der Waals surface area (Å²) in [6, 6.07) is 0.741. The first kappa shape index (κ1) is 12.0. The monoisotopic (exact) mass is 199 g/mol. The molecule has 84 valence electrons. The molecule has 1 fully saturated rings. The average Bonchev–Trinajstić information content (AvgIpc) is 2.58. The first-order valence-corrected chi connectivity index (χ1v) is 5.78. The Morgan fingerprint density at radius 1 is 1.57 bits per heavy atom. The van der Waals surface area contributed by atoms with Gasteiger partial charge in [-0.05, 0) is 44.1 Å². The van der Waals surface area contributed by atoms with Gasteiger partial charge in [0, 0.05) is 19.8 Å². The van der Waals surface area contributed by atoms with Crippen molar-refractivity contribution in [2.24, 2.45) is 11.3 Å². The fraction of sp³-hybridized carbons (Fsp3) is 1.00. The lowest BCUT2D eigenvalue weighted by molar-refractivity contribution is 0.127. The average molecular weight is 199 g/mol. The molecule has 2 heteroatoms. The molecule has 1 aliphatic carbocycles. The van der Waals surface area contributed by atoms with Crippen molar-refractivity contribution in [2.45, 2.75) is 45.6 Å². The van der Waals surface area contributed by atoms with Crippen LogP contribution in [0.5, 0.6) is 0 Å². The highest BCUT2D eigenvalue weighted by atomic mass is 16.5. The summed E-state index contributed by atoms with van der Waals surface area (Å²) in [4.78, 5) is 0. The first-order chi connectivity index (χ1) is 6.62. The quantitative estimate of drug-likeness (QED) is 0.734. The van der Waals surface area contributed by atoms with E-state index in [2.05, 4.69) is 26.2 Å². The molecule has 0 amide bonds. The van der Waals surface area contributed by atoms with Crippen molar-refractivity contribution >= 4 is 0 Å². The molecule has 1 aliphatic rings. The summed E-state index contributed by atoms with van der Waals surface area (Å²) in [5.41, 5.74) is 0.534. The zero-order chi connectivity index (χ0) is 10.6. The Morgan fingerprint density at radius 2 is 2.29 bits per heavy atom. The van der Waals surface area contributed by atoms with Gasteiger partial charge in [-0.2, -0.15) is 0 Å². The van der Waals surface area contributed by atoms with Crippen LogP contribution in [0.4, 0.5) is 0 Å². The van der Waals surface area contributed by atoms with Gasteiger partial charge in [0.2, 0.25) is 0 Å². The molecule has 0 radical (unpaired) electrons. The molecule has 14 heavy (non-hydrogen) atoms. The Morgan fingerprint density at radius 3 is 2.79 bits per heavy atom. The molecule has 0 aromatic rings. The summed E-state index contributed by atoms with van der Waals surface area (Å²) in [5, 5.41) is 3.40. The lowest BCUT2D eigenvalue weighted by atomic mass is 9.75. The van der Waals surface area contributed by atoms with Crippen molar-refractivity contribution in [1.29, 1.82) is 0 Å². The molecule has 3 unspecified atom stereocenters. The van der Waals surface area contributed by atoms with Gasteiger partial charge in [-0.15, -0.1) is 0 Å². The van der Waals surface area contributed by atoms with E-state index in [1.165, 1.54) is 25.7 Å². The van der Waals surface area contributed by atoms with E-state index >= 15 is 0 Å². The molecule has 0 spiro atoms. The van der Waals surface area contributed by atoms with Crippen molar-refractivity contribution < 1.29 is 4.74 Å². The Bertz CT molecular complexity index is 172. The van der Waals surface area contributed by atoms with Crippen LogP contribution < -0.4 is 5.32 Å². The second-order valence-corrected chi connectivity index (χ2v) is 5.06. The molecule has 1 saturated carbocycles. The molecule has 3 atom stereocenters. The van der Waals surface area contributed by atoms with E-state index < -0.39 is 0 Å². The second-order valence-electron chi connectivity index (χ2n) is 5.06. The second kappa shape index (κ2) is 5.13. The minimum atomic E-state index is 0.534. The van der Waals surface area contributed by atoms with Gasteiger partial charge in [-0.25, -0.2) is 0 Å². The summed E-state index contributed by atoms with van der Waals surface area (Å²) < 4.78 is 5.15. The maximum Gasteiger partial charge on any atom is 0.0465 e. The van der Waals surface area contributed by atoms with Crippen molar-refractivity contribution in [3.63, 3.8) is 0 Å². The minimum absolute atomic E-state index is 0.534. The van der Waals surface area contributed by atoms with E-state index in [0.717, 1.165) is 18.6 Å². The Balaban J connectivity index is 2.41. The molecule has 0 saturated heterocycles. The predicted molar refractivity (Wildman–Crippen MR) is 60.5 cm³/mol. The van der Waals surface area contributed by atoms with Gasteiger partial charge >= 0.3 is 0 Å². The van der Waals surface area contributed by atoms with Gasteiger partial charge in [0.1, 0.15) is 0 Å². The zero-order valence-corrected chi connectivity index (χ0v) is 10.1. The van der Waals surface area contributed by atoms with Crippen molar-refractivity contribution in [3.05, 3.63) is 0 Å². The largest absolute Gasteiger partial charge is 0.385 e. The number of hydrogen-bond donors (Lipinski definition) is 1. The summed E-state index contributed by atoms with van der Waals surface area (Å²) in [6.45, 7) is 5.71. The van der Waals surface area contributed by atoms with Crippen LogP contribution in [0.3, 0.4) is 0 Å². The minimum Gasteiger partial charge on any atom is -0.385 e. The van der Waals surface area contributed by atoms with Crippen LogP contribution in [-0.4, -0.2) is 26.8 Å². The van der Waals surface area contributed by atoms with Gasteiger partial charge in [0.15, 0.2) is 0 Å².